The number of carbonyl (C=O) groups excluding carboxylic acids is 2. The summed E-state index contributed by atoms with van der Waals surface area (Å²) in [4.78, 5) is 29.0. The van der Waals surface area contributed by atoms with E-state index in [9.17, 15) is 9.59 Å². The summed E-state index contributed by atoms with van der Waals surface area (Å²) in [7, 11) is 0. The van der Waals surface area contributed by atoms with Gasteiger partial charge in [0, 0.05) is 32.2 Å². The Morgan fingerprint density at radius 1 is 1.33 bits per heavy atom. The third kappa shape index (κ3) is 4.61. The van der Waals surface area contributed by atoms with E-state index >= 15 is 0 Å². The summed E-state index contributed by atoms with van der Waals surface area (Å²) in [5.74, 6) is 1.11. The van der Waals surface area contributed by atoms with Crippen LogP contribution in [0.1, 0.15) is 38.8 Å². The van der Waals surface area contributed by atoms with Gasteiger partial charge in [-0.1, -0.05) is 13.8 Å². The van der Waals surface area contributed by atoms with Gasteiger partial charge in [0.05, 0.1) is 24.3 Å². The molecule has 1 aromatic heterocycles. The van der Waals surface area contributed by atoms with E-state index in [0.717, 1.165) is 12.2 Å². The largest absolute Gasteiger partial charge is 0.384 e. The highest BCUT2D eigenvalue weighted by Gasteiger charge is 2.41. The first kappa shape index (κ1) is 19.7. The maximum Gasteiger partial charge on any atom is 0.244 e. The highest BCUT2D eigenvalue weighted by atomic mass is 16.5. The average Bonchev–Trinajstić information content (AvgIpc) is 2.83. The number of amides is 2. The van der Waals surface area contributed by atoms with Crippen molar-refractivity contribution < 1.29 is 14.3 Å². The molecule has 0 aromatic carbocycles. The summed E-state index contributed by atoms with van der Waals surface area (Å²) in [5, 5.41) is 4.25. The molecule has 2 amide bonds. The highest BCUT2D eigenvalue weighted by molar-refractivity contribution is 5.78. The van der Waals surface area contributed by atoms with E-state index in [1.54, 1.807) is 6.07 Å². The lowest BCUT2D eigenvalue weighted by Crippen LogP contribution is -2.49. The molecule has 0 radical (unpaired) electrons. The number of ether oxygens (including phenoxy) is 1. The van der Waals surface area contributed by atoms with Crippen LogP contribution in [0, 0.1) is 12.8 Å². The standard InChI is InChI=1S/C19H31N5O3/c1-14(2)12-23-8-9-27-19(11-17(23)25)4-6-22(7-5-19)18(26)13-24-16(20)10-15(3)21-24/h10,14H,4-9,11-13,20H2,1-3H3. The lowest BCUT2D eigenvalue weighted by molar-refractivity contribution is -0.141. The predicted molar refractivity (Wildman–Crippen MR) is 102 cm³/mol. The van der Waals surface area contributed by atoms with Gasteiger partial charge in [0.25, 0.3) is 0 Å². The number of anilines is 1. The Morgan fingerprint density at radius 3 is 2.63 bits per heavy atom. The third-order valence-corrected chi connectivity index (χ3v) is 5.43. The second kappa shape index (κ2) is 7.88. The molecule has 150 valence electrons. The molecule has 0 saturated carbocycles. The molecule has 1 spiro atoms. The summed E-state index contributed by atoms with van der Waals surface area (Å²) in [6, 6.07) is 1.76. The second-order valence-electron chi connectivity index (χ2n) is 8.19. The van der Waals surface area contributed by atoms with Crippen molar-refractivity contribution in [2.45, 2.75) is 52.2 Å². The molecule has 27 heavy (non-hydrogen) atoms. The molecule has 0 unspecified atom stereocenters. The Labute approximate surface area is 160 Å². The molecule has 2 aliphatic rings. The van der Waals surface area contributed by atoms with Crippen molar-refractivity contribution in [1.29, 1.82) is 0 Å². The summed E-state index contributed by atoms with van der Waals surface area (Å²) < 4.78 is 7.68. The summed E-state index contributed by atoms with van der Waals surface area (Å²) in [6.07, 6.45) is 1.79. The maximum absolute atomic E-state index is 12.7. The first-order valence-corrected chi connectivity index (χ1v) is 9.77. The van der Waals surface area contributed by atoms with Crippen LogP contribution in [-0.4, -0.2) is 69.8 Å². The van der Waals surface area contributed by atoms with Crippen molar-refractivity contribution in [1.82, 2.24) is 19.6 Å². The van der Waals surface area contributed by atoms with Gasteiger partial charge in [0.2, 0.25) is 11.8 Å². The Bertz CT molecular complexity index is 692. The van der Waals surface area contributed by atoms with E-state index in [0.29, 0.717) is 57.2 Å². The predicted octanol–water partition coefficient (Wildman–Crippen LogP) is 1.04. The van der Waals surface area contributed by atoms with Gasteiger partial charge < -0.3 is 20.3 Å². The molecule has 1 aromatic rings. The van der Waals surface area contributed by atoms with Gasteiger partial charge in [-0.2, -0.15) is 5.10 Å². The molecule has 2 fully saturated rings. The van der Waals surface area contributed by atoms with Crippen molar-refractivity contribution in [3.63, 3.8) is 0 Å². The number of nitrogens with two attached hydrogens (primary N) is 1. The number of carbonyl (C=O) groups is 2. The molecule has 2 saturated heterocycles. The molecular formula is C19H31N5O3. The van der Waals surface area contributed by atoms with Crippen molar-refractivity contribution in [3.05, 3.63) is 11.8 Å². The van der Waals surface area contributed by atoms with Crippen LogP contribution in [0.2, 0.25) is 0 Å². The SMILES string of the molecule is Cc1cc(N)n(CC(=O)N2CCC3(CC2)CC(=O)N(CC(C)C)CCO3)n1. The monoisotopic (exact) mass is 377 g/mol. The van der Waals surface area contributed by atoms with E-state index in [1.165, 1.54) is 4.68 Å². The molecular weight excluding hydrogens is 346 g/mol. The van der Waals surface area contributed by atoms with E-state index in [4.69, 9.17) is 10.5 Å². The zero-order valence-electron chi connectivity index (χ0n) is 16.6. The molecule has 0 atom stereocenters. The lowest BCUT2D eigenvalue weighted by atomic mass is 9.87. The zero-order valence-corrected chi connectivity index (χ0v) is 16.6. The van der Waals surface area contributed by atoms with Crippen molar-refractivity contribution >= 4 is 17.6 Å². The number of hydrogen-bond acceptors (Lipinski definition) is 5. The fourth-order valence-corrected chi connectivity index (χ4v) is 3.97. The normalized spacial score (nSPS) is 20.4. The molecule has 3 heterocycles. The van der Waals surface area contributed by atoms with Crippen molar-refractivity contribution in [3.8, 4) is 0 Å². The van der Waals surface area contributed by atoms with Gasteiger partial charge >= 0.3 is 0 Å². The number of nitrogens with zero attached hydrogens (tertiary/aromatic N) is 4. The molecule has 0 aliphatic carbocycles. The molecule has 8 heteroatoms. The molecule has 3 rings (SSSR count). The van der Waals surface area contributed by atoms with Gasteiger partial charge in [-0.15, -0.1) is 0 Å². The van der Waals surface area contributed by atoms with E-state index in [1.807, 2.05) is 16.7 Å². The molecule has 8 nitrogen and oxygen atoms in total. The Hall–Kier alpha value is -2.09. The van der Waals surface area contributed by atoms with Crippen LogP contribution in [-0.2, 0) is 20.9 Å². The van der Waals surface area contributed by atoms with Crippen LogP contribution in [0.5, 0.6) is 0 Å². The van der Waals surface area contributed by atoms with E-state index in [-0.39, 0.29) is 18.4 Å². The van der Waals surface area contributed by atoms with Crippen molar-refractivity contribution in [2.75, 3.05) is 38.5 Å². The summed E-state index contributed by atoms with van der Waals surface area (Å²) in [5.41, 5.74) is 6.25. The molecule has 2 N–H and O–H groups in total. The van der Waals surface area contributed by atoms with Gasteiger partial charge in [-0.3, -0.25) is 9.59 Å². The fraction of sp³-hybridized carbons (Fsp3) is 0.737. The van der Waals surface area contributed by atoms with Crippen molar-refractivity contribution in [2.24, 2.45) is 5.92 Å². The maximum atomic E-state index is 12.7. The van der Waals surface area contributed by atoms with Crippen LogP contribution >= 0.6 is 0 Å². The number of likely N-dealkylation sites (tertiary alicyclic amines) is 1. The average molecular weight is 377 g/mol. The minimum Gasteiger partial charge on any atom is -0.384 e. The smallest absolute Gasteiger partial charge is 0.244 e. The number of hydrogen-bond donors (Lipinski definition) is 1. The van der Waals surface area contributed by atoms with Gasteiger partial charge in [-0.25, -0.2) is 4.68 Å². The molecule has 0 bridgehead atoms. The molecule has 2 aliphatic heterocycles. The van der Waals surface area contributed by atoms with Gasteiger partial charge in [0.1, 0.15) is 12.4 Å². The highest BCUT2D eigenvalue weighted by Crippen LogP contribution is 2.32. The fourth-order valence-electron chi connectivity index (χ4n) is 3.97. The topological polar surface area (TPSA) is 93.7 Å². The zero-order chi connectivity index (χ0) is 19.6. The van der Waals surface area contributed by atoms with Gasteiger partial charge in [0.15, 0.2) is 0 Å². The number of aryl methyl sites for hydroxylation is 1. The Morgan fingerprint density at radius 2 is 2.04 bits per heavy atom. The van der Waals surface area contributed by atoms with Crippen LogP contribution < -0.4 is 5.73 Å². The Kier molecular flexibility index (Phi) is 5.74. The summed E-state index contributed by atoms with van der Waals surface area (Å²) in [6.45, 7) is 9.41. The lowest BCUT2D eigenvalue weighted by Gasteiger charge is -2.40. The first-order chi connectivity index (χ1) is 12.8. The number of nitrogen functional groups attached to an aromatic ring is 1. The number of piperidine rings is 1. The van der Waals surface area contributed by atoms with Crippen LogP contribution in [0.15, 0.2) is 6.07 Å². The summed E-state index contributed by atoms with van der Waals surface area (Å²) >= 11 is 0. The third-order valence-electron chi connectivity index (χ3n) is 5.43. The number of rotatable bonds is 4. The first-order valence-electron chi connectivity index (χ1n) is 9.77. The minimum atomic E-state index is -0.430. The van der Waals surface area contributed by atoms with Crippen LogP contribution in [0.3, 0.4) is 0 Å². The quantitative estimate of drug-likeness (QED) is 0.846. The van der Waals surface area contributed by atoms with Gasteiger partial charge in [-0.05, 0) is 25.7 Å². The van der Waals surface area contributed by atoms with Crippen LogP contribution in [0.4, 0.5) is 5.82 Å². The minimum absolute atomic E-state index is 0.000956. The Balaban J connectivity index is 1.57. The van der Waals surface area contributed by atoms with E-state index in [2.05, 4.69) is 18.9 Å². The number of aromatic nitrogens is 2. The van der Waals surface area contributed by atoms with Crippen LogP contribution in [0.25, 0.3) is 0 Å². The second-order valence-corrected chi connectivity index (χ2v) is 8.19. The van der Waals surface area contributed by atoms with E-state index < -0.39 is 5.60 Å².